The monoisotopic (exact) mass is 227 g/mol. The molecule has 0 radical (unpaired) electrons. The van der Waals surface area contributed by atoms with Crippen LogP contribution >= 0.6 is 11.3 Å². The minimum atomic E-state index is -0.280. The van der Waals surface area contributed by atoms with E-state index in [4.69, 9.17) is 0 Å². The molecule has 5 nitrogen and oxygen atoms in total. The number of hydrogen-bond acceptors (Lipinski definition) is 5. The van der Waals surface area contributed by atoms with Crippen molar-refractivity contribution < 1.29 is 9.90 Å². The van der Waals surface area contributed by atoms with Crippen LogP contribution in [0.4, 0.5) is 5.13 Å². The van der Waals surface area contributed by atoms with Crippen LogP contribution in [-0.2, 0) is 4.79 Å². The molecule has 1 aromatic heterocycles. The fraction of sp³-hybridized carbons (Fsp3) is 0.556. The summed E-state index contributed by atoms with van der Waals surface area (Å²) in [6.07, 6.45) is 2.13. The molecule has 0 saturated carbocycles. The third-order valence-electron chi connectivity index (χ3n) is 2.29. The van der Waals surface area contributed by atoms with Crippen LogP contribution in [0, 0.1) is 0 Å². The third-order valence-corrected chi connectivity index (χ3v) is 2.98. The van der Waals surface area contributed by atoms with Gasteiger partial charge in [-0.3, -0.25) is 9.69 Å². The fourth-order valence-electron chi connectivity index (χ4n) is 1.60. The summed E-state index contributed by atoms with van der Waals surface area (Å²) in [6, 6.07) is 0. The zero-order chi connectivity index (χ0) is 10.7. The van der Waals surface area contributed by atoms with Crippen molar-refractivity contribution in [3.8, 4) is 0 Å². The molecule has 0 aliphatic carbocycles. The fourth-order valence-corrected chi connectivity index (χ4v) is 2.15. The van der Waals surface area contributed by atoms with Gasteiger partial charge >= 0.3 is 0 Å². The van der Waals surface area contributed by atoms with E-state index in [2.05, 4.69) is 10.3 Å². The summed E-state index contributed by atoms with van der Waals surface area (Å²) >= 11 is 1.40. The maximum Gasteiger partial charge on any atom is 0.240 e. The summed E-state index contributed by atoms with van der Waals surface area (Å²) < 4.78 is 0. The average molecular weight is 227 g/mol. The Hall–Kier alpha value is -0.980. The molecule has 1 saturated heterocycles. The van der Waals surface area contributed by atoms with Crippen LogP contribution in [0.3, 0.4) is 0 Å². The largest absolute Gasteiger partial charge is 0.392 e. The summed E-state index contributed by atoms with van der Waals surface area (Å²) in [6.45, 7) is 1.70. The summed E-state index contributed by atoms with van der Waals surface area (Å²) in [5.74, 6) is -0.0703. The van der Waals surface area contributed by atoms with Crippen molar-refractivity contribution in [2.75, 3.05) is 25.0 Å². The number of aromatic nitrogens is 1. The lowest BCUT2D eigenvalue weighted by molar-refractivity contribution is -0.117. The number of hydrogen-bond donors (Lipinski definition) is 2. The Bertz CT molecular complexity index is 328. The van der Waals surface area contributed by atoms with E-state index in [9.17, 15) is 9.90 Å². The molecule has 1 aliphatic heterocycles. The molecule has 2 N–H and O–H groups in total. The minimum Gasteiger partial charge on any atom is -0.392 e. The summed E-state index contributed by atoms with van der Waals surface area (Å²) in [5, 5.41) is 14.4. The molecule has 1 aliphatic rings. The van der Waals surface area contributed by atoms with Gasteiger partial charge in [0.1, 0.15) is 0 Å². The number of likely N-dealkylation sites (tertiary alicyclic amines) is 1. The molecule has 2 rings (SSSR count). The number of anilines is 1. The maximum absolute atomic E-state index is 11.5. The van der Waals surface area contributed by atoms with Gasteiger partial charge in [0.2, 0.25) is 5.91 Å². The van der Waals surface area contributed by atoms with Crippen LogP contribution in [0.25, 0.3) is 0 Å². The average Bonchev–Trinajstić information content (AvgIpc) is 2.77. The van der Waals surface area contributed by atoms with Crippen LogP contribution < -0.4 is 5.32 Å². The highest BCUT2D eigenvalue weighted by Gasteiger charge is 2.21. The number of thiazole rings is 1. The van der Waals surface area contributed by atoms with Crippen molar-refractivity contribution in [3.05, 3.63) is 11.6 Å². The summed E-state index contributed by atoms with van der Waals surface area (Å²) in [7, 11) is 0. The molecule has 1 amide bonds. The topological polar surface area (TPSA) is 65.5 Å². The van der Waals surface area contributed by atoms with Crippen molar-refractivity contribution in [2.24, 2.45) is 0 Å². The highest BCUT2D eigenvalue weighted by atomic mass is 32.1. The normalized spacial score (nSPS) is 21.8. The molecule has 1 aromatic rings. The molecule has 2 heterocycles. The number of nitrogens with zero attached hydrogens (tertiary/aromatic N) is 2. The minimum absolute atomic E-state index is 0.0703. The number of amides is 1. The highest BCUT2D eigenvalue weighted by molar-refractivity contribution is 7.13. The van der Waals surface area contributed by atoms with Crippen LogP contribution in [0.5, 0.6) is 0 Å². The Morgan fingerprint density at radius 2 is 2.67 bits per heavy atom. The van der Waals surface area contributed by atoms with E-state index >= 15 is 0 Å². The number of carbonyl (C=O) groups is 1. The molecule has 1 unspecified atom stereocenters. The Balaban J connectivity index is 1.78. The zero-order valence-corrected chi connectivity index (χ0v) is 9.04. The maximum atomic E-state index is 11.5. The molecule has 0 aromatic carbocycles. The van der Waals surface area contributed by atoms with Gasteiger partial charge in [0, 0.05) is 24.7 Å². The second kappa shape index (κ2) is 4.69. The standard InChI is InChI=1S/C9H13N3O2S/c13-7-1-3-12(5-7)6-8(14)11-9-10-2-4-15-9/h2,4,7,13H,1,3,5-6H2,(H,10,11,14). The zero-order valence-electron chi connectivity index (χ0n) is 8.22. The first-order valence-electron chi connectivity index (χ1n) is 4.84. The lowest BCUT2D eigenvalue weighted by Crippen LogP contribution is -2.32. The number of nitrogens with one attached hydrogen (secondary N) is 1. The molecule has 6 heteroatoms. The van der Waals surface area contributed by atoms with Gasteiger partial charge in [0.25, 0.3) is 0 Å². The molecular formula is C9H13N3O2S. The number of aliphatic hydroxyl groups excluding tert-OH is 1. The van der Waals surface area contributed by atoms with Crippen molar-refractivity contribution in [1.82, 2.24) is 9.88 Å². The first-order chi connectivity index (χ1) is 7.24. The van der Waals surface area contributed by atoms with Crippen LogP contribution in [0.2, 0.25) is 0 Å². The quantitative estimate of drug-likeness (QED) is 0.771. The van der Waals surface area contributed by atoms with Gasteiger partial charge in [0.15, 0.2) is 5.13 Å². The molecule has 15 heavy (non-hydrogen) atoms. The second-order valence-electron chi connectivity index (χ2n) is 3.56. The van der Waals surface area contributed by atoms with E-state index in [1.54, 1.807) is 6.20 Å². The Labute approximate surface area is 91.7 Å². The molecule has 1 atom stereocenters. The predicted molar refractivity (Wildman–Crippen MR) is 57.8 cm³/mol. The van der Waals surface area contributed by atoms with Crippen molar-refractivity contribution in [3.63, 3.8) is 0 Å². The Morgan fingerprint density at radius 3 is 3.27 bits per heavy atom. The second-order valence-corrected chi connectivity index (χ2v) is 4.46. The van der Waals surface area contributed by atoms with Crippen molar-refractivity contribution in [1.29, 1.82) is 0 Å². The van der Waals surface area contributed by atoms with Gasteiger partial charge in [-0.05, 0) is 6.42 Å². The Kier molecular flexibility index (Phi) is 3.30. The van der Waals surface area contributed by atoms with E-state index in [1.807, 2.05) is 10.3 Å². The first-order valence-corrected chi connectivity index (χ1v) is 5.72. The molecular weight excluding hydrogens is 214 g/mol. The molecule has 1 fully saturated rings. The van der Waals surface area contributed by atoms with Crippen molar-refractivity contribution in [2.45, 2.75) is 12.5 Å². The first kappa shape index (κ1) is 10.5. The van der Waals surface area contributed by atoms with Crippen LogP contribution in [-0.4, -0.2) is 46.6 Å². The van der Waals surface area contributed by atoms with E-state index in [-0.39, 0.29) is 12.0 Å². The Morgan fingerprint density at radius 1 is 1.80 bits per heavy atom. The number of aliphatic hydroxyl groups is 1. The molecule has 82 valence electrons. The molecule has 0 bridgehead atoms. The molecule has 0 spiro atoms. The number of rotatable bonds is 3. The smallest absolute Gasteiger partial charge is 0.240 e. The predicted octanol–water partition coefficient (Wildman–Crippen LogP) is 0.148. The van der Waals surface area contributed by atoms with Crippen LogP contribution in [0.15, 0.2) is 11.6 Å². The number of carbonyl (C=O) groups excluding carboxylic acids is 1. The van der Waals surface area contributed by atoms with Gasteiger partial charge in [0.05, 0.1) is 12.6 Å². The van der Waals surface area contributed by atoms with E-state index in [0.29, 0.717) is 18.2 Å². The number of β-amino-alcohol motifs (C(OH)–C–C–N with tert-alkyl or cyclic N) is 1. The van der Waals surface area contributed by atoms with Crippen molar-refractivity contribution >= 4 is 22.4 Å². The third kappa shape index (κ3) is 2.98. The van der Waals surface area contributed by atoms with Gasteiger partial charge in [-0.1, -0.05) is 0 Å². The van der Waals surface area contributed by atoms with E-state index in [0.717, 1.165) is 13.0 Å². The van der Waals surface area contributed by atoms with Crippen LogP contribution in [0.1, 0.15) is 6.42 Å². The lowest BCUT2D eigenvalue weighted by Gasteiger charge is -2.13. The van der Waals surface area contributed by atoms with Gasteiger partial charge in [-0.15, -0.1) is 11.3 Å². The SMILES string of the molecule is O=C(CN1CCC(O)C1)Nc1nccs1. The van der Waals surface area contributed by atoms with E-state index in [1.165, 1.54) is 11.3 Å². The van der Waals surface area contributed by atoms with E-state index < -0.39 is 0 Å². The summed E-state index contributed by atoms with van der Waals surface area (Å²) in [5.41, 5.74) is 0. The van der Waals surface area contributed by atoms with Gasteiger partial charge in [-0.2, -0.15) is 0 Å². The lowest BCUT2D eigenvalue weighted by atomic mass is 10.3. The van der Waals surface area contributed by atoms with Gasteiger partial charge < -0.3 is 10.4 Å². The summed E-state index contributed by atoms with van der Waals surface area (Å²) in [4.78, 5) is 17.4. The van der Waals surface area contributed by atoms with Gasteiger partial charge in [-0.25, -0.2) is 4.98 Å². The highest BCUT2D eigenvalue weighted by Crippen LogP contribution is 2.11.